The van der Waals surface area contributed by atoms with Crippen LogP contribution in [0, 0.1) is 13.8 Å². The Morgan fingerprint density at radius 1 is 1.32 bits per heavy atom. The molecule has 1 aliphatic rings. The van der Waals surface area contributed by atoms with Crippen LogP contribution in [0.2, 0.25) is 0 Å². The lowest BCUT2D eigenvalue weighted by Gasteiger charge is -2.29. The van der Waals surface area contributed by atoms with Crippen molar-refractivity contribution < 1.29 is 9.53 Å². The average Bonchev–Trinajstić information content (AvgIpc) is 3.23. The quantitative estimate of drug-likeness (QED) is 0.672. The summed E-state index contributed by atoms with van der Waals surface area (Å²) in [5, 5.41) is 4.23. The zero-order valence-electron chi connectivity index (χ0n) is 16.4. The van der Waals surface area contributed by atoms with Crippen molar-refractivity contribution in [3.63, 3.8) is 0 Å². The molecule has 0 spiro atoms. The van der Waals surface area contributed by atoms with Gasteiger partial charge >= 0.3 is 0 Å². The first-order chi connectivity index (χ1) is 13.5. The lowest BCUT2D eigenvalue weighted by Crippen LogP contribution is -2.43. The van der Waals surface area contributed by atoms with E-state index in [1.54, 1.807) is 22.7 Å². The zero-order chi connectivity index (χ0) is 19.7. The van der Waals surface area contributed by atoms with E-state index in [0.29, 0.717) is 6.61 Å². The lowest BCUT2D eigenvalue weighted by atomic mass is 10.0. The molecule has 1 amide bonds. The van der Waals surface area contributed by atoms with Crippen LogP contribution in [0.1, 0.15) is 38.6 Å². The number of fused-ring (bicyclic) bond motifs is 1. The summed E-state index contributed by atoms with van der Waals surface area (Å²) in [6.45, 7) is 6.58. The molecule has 3 heterocycles. The summed E-state index contributed by atoms with van der Waals surface area (Å²) in [7, 11) is 2.13. The molecule has 5 nitrogen and oxygen atoms in total. The Labute approximate surface area is 173 Å². The minimum Gasteiger partial charge on any atom is -0.488 e. The number of thiophene rings is 1. The molecule has 2 aromatic heterocycles. The van der Waals surface area contributed by atoms with Crippen molar-refractivity contribution in [2.24, 2.45) is 0 Å². The fourth-order valence-electron chi connectivity index (χ4n) is 3.60. The second-order valence-electron chi connectivity index (χ2n) is 7.39. The molecule has 28 heavy (non-hydrogen) atoms. The number of likely N-dealkylation sites (tertiary alicyclic amines) is 1. The van der Waals surface area contributed by atoms with E-state index >= 15 is 0 Å². The summed E-state index contributed by atoms with van der Waals surface area (Å²) in [4.78, 5) is 21.8. The number of hydrogen-bond donors (Lipinski definition) is 1. The predicted molar refractivity (Wildman–Crippen MR) is 116 cm³/mol. The number of carbonyl (C=O) groups is 1. The van der Waals surface area contributed by atoms with Crippen molar-refractivity contribution in [1.29, 1.82) is 0 Å². The van der Waals surface area contributed by atoms with Gasteiger partial charge in [-0.25, -0.2) is 4.98 Å². The van der Waals surface area contributed by atoms with Gasteiger partial charge in [-0.2, -0.15) is 0 Å². The highest BCUT2D eigenvalue weighted by atomic mass is 32.1. The number of aryl methyl sites for hydroxylation is 2. The van der Waals surface area contributed by atoms with E-state index in [-0.39, 0.29) is 11.9 Å². The topological polar surface area (TPSA) is 54.5 Å². The number of rotatable bonds is 5. The summed E-state index contributed by atoms with van der Waals surface area (Å²) in [6.07, 6.45) is 2.01. The third-order valence-corrected chi connectivity index (χ3v) is 7.33. The number of piperidine rings is 1. The Bertz CT molecular complexity index is 987. The van der Waals surface area contributed by atoms with Gasteiger partial charge < -0.3 is 15.0 Å². The number of aromatic nitrogens is 1. The molecule has 1 saturated heterocycles. The van der Waals surface area contributed by atoms with E-state index in [4.69, 9.17) is 4.74 Å². The molecule has 4 rings (SSSR count). The molecule has 1 N–H and O–H groups in total. The van der Waals surface area contributed by atoms with Gasteiger partial charge in [-0.1, -0.05) is 0 Å². The first kappa shape index (κ1) is 19.4. The van der Waals surface area contributed by atoms with Crippen LogP contribution < -0.4 is 10.1 Å². The number of carbonyl (C=O) groups excluding carboxylic acids is 1. The maximum Gasteiger partial charge on any atom is 0.253 e. The molecule has 3 aromatic rings. The van der Waals surface area contributed by atoms with Gasteiger partial charge in [-0.3, -0.25) is 4.79 Å². The highest BCUT2D eigenvalue weighted by Crippen LogP contribution is 2.34. The summed E-state index contributed by atoms with van der Waals surface area (Å²) in [5.74, 6) is 0.820. The van der Waals surface area contributed by atoms with Crippen molar-refractivity contribution in [1.82, 2.24) is 15.2 Å². The number of ether oxygens (including phenoxy) is 1. The van der Waals surface area contributed by atoms with E-state index in [9.17, 15) is 4.79 Å². The van der Waals surface area contributed by atoms with Crippen LogP contribution in [0.25, 0.3) is 10.1 Å². The Hall–Kier alpha value is -1.96. The maximum absolute atomic E-state index is 13.0. The highest BCUT2D eigenvalue weighted by Gasteiger charge is 2.22. The summed E-state index contributed by atoms with van der Waals surface area (Å²) < 4.78 is 7.10. The van der Waals surface area contributed by atoms with Gasteiger partial charge in [0.05, 0.1) is 21.6 Å². The van der Waals surface area contributed by atoms with Gasteiger partial charge in [-0.05, 0) is 65.0 Å². The number of nitrogens with zero attached hydrogens (tertiary/aromatic N) is 2. The molecule has 0 saturated carbocycles. The van der Waals surface area contributed by atoms with Gasteiger partial charge in [0.15, 0.2) is 0 Å². The molecule has 1 aromatic carbocycles. The molecule has 1 fully saturated rings. The van der Waals surface area contributed by atoms with E-state index < -0.39 is 0 Å². The van der Waals surface area contributed by atoms with Crippen molar-refractivity contribution in [2.45, 2.75) is 39.3 Å². The Morgan fingerprint density at radius 2 is 2.11 bits per heavy atom. The Morgan fingerprint density at radius 3 is 2.82 bits per heavy atom. The molecular weight excluding hydrogens is 390 g/mol. The summed E-state index contributed by atoms with van der Waals surface area (Å²) in [6, 6.07) is 6.28. The van der Waals surface area contributed by atoms with Crippen LogP contribution in [0.5, 0.6) is 5.75 Å². The molecule has 0 aliphatic carbocycles. The lowest BCUT2D eigenvalue weighted by molar-refractivity contribution is 0.0918. The second-order valence-corrected chi connectivity index (χ2v) is 9.59. The zero-order valence-corrected chi connectivity index (χ0v) is 18.1. The first-order valence-electron chi connectivity index (χ1n) is 9.55. The fourth-order valence-corrected chi connectivity index (χ4v) is 5.33. The smallest absolute Gasteiger partial charge is 0.253 e. The van der Waals surface area contributed by atoms with E-state index in [0.717, 1.165) is 62.8 Å². The largest absolute Gasteiger partial charge is 0.488 e. The van der Waals surface area contributed by atoms with Crippen LogP contribution in [-0.2, 0) is 6.61 Å². The van der Waals surface area contributed by atoms with Gasteiger partial charge in [0, 0.05) is 21.0 Å². The molecule has 7 heteroatoms. The Kier molecular flexibility index (Phi) is 5.66. The molecule has 0 radical (unpaired) electrons. The first-order valence-corrected chi connectivity index (χ1v) is 11.2. The molecule has 0 bridgehead atoms. The molecule has 0 unspecified atom stereocenters. The number of hydrogen-bond acceptors (Lipinski definition) is 6. The Balaban J connectivity index is 1.53. The SMILES string of the molecule is Cc1ncsc1COc1ccc2sc(C)c(C(=O)NC3CCN(C)CC3)c2c1. The standard InChI is InChI=1S/C21H25N3O2S2/c1-13-19(27-12-22-13)11-26-16-4-5-18-17(10-16)20(14(2)28-18)21(25)23-15-6-8-24(3)9-7-15/h4-5,10,12,15H,6-9,11H2,1-3H3,(H,23,25). The van der Waals surface area contributed by atoms with Crippen LogP contribution in [0.4, 0.5) is 0 Å². The molecule has 148 valence electrons. The summed E-state index contributed by atoms with van der Waals surface area (Å²) in [5.41, 5.74) is 3.64. The van der Waals surface area contributed by atoms with E-state index in [2.05, 4.69) is 22.2 Å². The van der Waals surface area contributed by atoms with Crippen LogP contribution in [0.3, 0.4) is 0 Å². The predicted octanol–water partition coefficient (Wildman–Crippen LogP) is 4.38. The van der Waals surface area contributed by atoms with Crippen molar-refractivity contribution in [3.05, 3.63) is 44.7 Å². The monoisotopic (exact) mass is 415 g/mol. The normalized spacial score (nSPS) is 15.8. The van der Waals surface area contributed by atoms with Gasteiger partial charge in [0.1, 0.15) is 12.4 Å². The summed E-state index contributed by atoms with van der Waals surface area (Å²) >= 11 is 3.27. The number of benzene rings is 1. The van der Waals surface area contributed by atoms with Gasteiger partial charge in [0.25, 0.3) is 5.91 Å². The third-order valence-electron chi connectivity index (χ3n) is 5.33. The third kappa shape index (κ3) is 4.06. The minimum absolute atomic E-state index is 0.0359. The number of nitrogens with one attached hydrogen (secondary N) is 1. The van der Waals surface area contributed by atoms with Crippen molar-refractivity contribution >= 4 is 38.7 Å². The molecular formula is C21H25N3O2S2. The van der Waals surface area contributed by atoms with Gasteiger partial charge in [-0.15, -0.1) is 22.7 Å². The molecule has 1 aliphatic heterocycles. The average molecular weight is 416 g/mol. The minimum atomic E-state index is 0.0359. The molecule has 0 atom stereocenters. The second kappa shape index (κ2) is 8.19. The number of amides is 1. The maximum atomic E-state index is 13.0. The van der Waals surface area contributed by atoms with Crippen molar-refractivity contribution in [2.75, 3.05) is 20.1 Å². The van der Waals surface area contributed by atoms with Crippen LogP contribution in [0.15, 0.2) is 23.7 Å². The van der Waals surface area contributed by atoms with E-state index in [1.165, 1.54) is 0 Å². The van der Waals surface area contributed by atoms with E-state index in [1.807, 2.05) is 37.6 Å². The van der Waals surface area contributed by atoms with Crippen molar-refractivity contribution in [3.8, 4) is 5.75 Å². The highest BCUT2D eigenvalue weighted by molar-refractivity contribution is 7.19. The van der Waals surface area contributed by atoms with Crippen LogP contribution >= 0.6 is 22.7 Å². The number of thiazole rings is 1. The fraction of sp³-hybridized carbons (Fsp3) is 0.429. The van der Waals surface area contributed by atoms with Gasteiger partial charge in [0.2, 0.25) is 0 Å². The van der Waals surface area contributed by atoms with Crippen LogP contribution in [-0.4, -0.2) is 42.0 Å².